The highest BCUT2D eigenvalue weighted by Gasteiger charge is 2.16. The van der Waals surface area contributed by atoms with Gasteiger partial charge in [0.2, 0.25) is 0 Å². The molecule has 1 atom stereocenters. The highest BCUT2D eigenvalue weighted by atomic mass is 16.5. The second-order valence-electron chi connectivity index (χ2n) is 6.06. The molecule has 1 saturated carbocycles. The van der Waals surface area contributed by atoms with E-state index in [-0.39, 0.29) is 0 Å². The van der Waals surface area contributed by atoms with Gasteiger partial charge < -0.3 is 10.1 Å². The van der Waals surface area contributed by atoms with E-state index < -0.39 is 0 Å². The summed E-state index contributed by atoms with van der Waals surface area (Å²) in [5.74, 6) is 1.96. The molecule has 0 saturated heterocycles. The van der Waals surface area contributed by atoms with Gasteiger partial charge in [0, 0.05) is 18.2 Å². The topological polar surface area (TPSA) is 21.3 Å². The number of benzene rings is 1. The number of para-hydroxylation sites is 1. The van der Waals surface area contributed by atoms with Gasteiger partial charge >= 0.3 is 0 Å². The fourth-order valence-corrected chi connectivity index (χ4v) is 3.24. The van der Waals surface area contributed by atoms with Crippen LogP contribution in [0.1, 0.15) is 57.9 Å². The van der Waals surface area contributed by atoms with Crippen molar-refractivity contribution in [2.45, 2.75) is 65.0 Å². The van der Waals surface area contributed by atoms with Crippen molar-refractivity contribution in [3.05, 3.63) is 29.8 Å². The van der Waals surface area contributed by atoms with Gasteiger partial charge in [0.1, 0.15) is 5.75 Å². The lowest BCUT2D eigenvalue weighted by atomic mass is 9.85. The van der Waals surface area contributed by atoms with Gasteiger partial charge in [0.15, 0.2) is 0 Å². The summed E-state index contributed by atoms with van der Waals surface area (Å²) >= 11 is 0. The Hall–Kier alpha value is -1.02. The highest BCUT2D eigenvalue weighted by Crippen LogP contribution is 2.27. The molecule has 1 aliphatic rings. The molecule has 0 spiro atoms. The van der Waals surface area contributed by atoms with Crippen LogP contribution in [-0.2, 0) is 6.54 Å². The summed E-state index contributed by atoms with van der Waals surface area (Å²) < 4.78 is 5.68. The number of nitrogens with one attached hydrogen (secondary N) is 1. The van der Waals surface area contributed by atoms with E-state index >= 15 is 0 Å². The zero-order valence-corrected chi connectivity index (χ0v) is 13.0. The Balaban J connectivity index is 1.78. The van der Waals surface area contributed by atoms with Gasteiger partial charge in [-0.3, -0.25) is 0 Å². The molecule has 0 amide bonds. The van der Waals surface area contributed by atoms with Gasteiger partial charge in [-0.2, -0.15) is 0 Å². The molecule has 112 valence electrons. The molecule has 1 N–H and O–H groups in total. The summed E-state index contributed by atoms with van der Waals surface area (Å²) in [5.41, 5.74) is 1.27. The van der Waals surface area contributed by atoms with Crippen molar-refractivity contribution in [1.82, 2.24) is 5.32 Å². The molecule has 0 aromatic heterocycles. The smallest absolute Gasteiger partial charge is 0.123 e. The molecular weight excluding hydrogens is 246 g/mol. The van der Waals surface area contributed by atoms with Gasteiger partial charge in [-0.15, -0.1) is 0 Å². The monoisotopic (exact) mass is 275 g/mol. The Kier molecular flexibility index (Phi) is 6.38. The summed E-state index contributed by atoms with van der Waals surface area (Å²) in [6.07, 6.45) is 8.50. The van der Waals surface area contributed by atoms with Gasteiger partial charge in [0.05, 0.1) is 6.61 Å². The van der Waals surface area contributed by atoms with E-state index in [9.17, 15) is 0 Å². The maximum Gasteiger partial charge on any atom is 0.123 e. The van der Waals surface area contributed by atoms with Gasteiger partial charge in [-0.25, -0.2) is 0 Å². The van der Waals surface area contributed by atoms with Crippen molar-refractivity contribution in [2.75, 3.05) is 6.61 Å². The molecule has 1 unspecified atom stereocenters. The molecule has 1 aromatic rings. The van der Waals surface area contributed by atoms with E-state index in [1.165, 1.54) is 44.1 Å². The Labute approximate surface area is 123 Å². The van der Waals surface area contributed by atoms with E-state index in [0.29, 0.717) is 6.04 Å². The van der Waals surface area contributed by atoms with Crippen LogP contribution in [0.15, 0.2) is 24.3 Å². The summed E-state index contributed by atoms with van der Waals surface area (Å²) in [6.45, 7) is 5.99. The quantitative estimate of drug-likeness (QED) is 0.789. The average Bonchev–Trinajstić information content (AvgIpc) is 2.48. The van der Waals surface area contributed by atoms with Crippen LogP contribution in [0.25, 0.3) is 0 Å². The molecular formula is C18H29NO. The first-order valence-electron chi connectivity index (χ1n) is 8.23. The molecule has 2 heteroatoms. The fourth-order valence-electron chi connectivity index (χ4n) is 3.24. The van der Waals surface area contributed by atoms with Crippen molar-refractivity contribution in [2.24, 2.45) is 5.92 Å². The number of rotatable bonds is 7. The average molecular weight is 275 g/mol. The van der Waals surface area contributed by atoms with E-state index in [1.54, 1.807) is 0 Å². The number of hydrogen-bond acceptors (Lipinski definition) is 2. The zero-order chi connectivity index (χ0) is 14.2. The molecule has 2 rings (SSSR count). The third-order valence-corrected chi connectivity index (χ3v) is 4.33. The molecule has 0 bridgehead atoms. The van der Waals surface area contributed by atoms with E-state index in [1.807, 2.05) is 13.0 Å². The summed E-state index contributed by atoms with van der Waals surface area (Å²) in [5, 5.41) is 3.67. The van der Waals surface area contributed by atoms with Crippen LogP contribution >= 0.6 is 0 Å². The second-order valence-corrected chi connectivity index (χ2v) is 6.06. The third-order valence-electron chi connectivity index (χ3n) is 4.33. The van der Waals surface area contributed by atoms with Crippen LogP contribution in [0.4, 0.5) is 0 Å². The second kappa shape index (κ2) is 8.31. The molecule has 0 aliphatic heterocycles. The van der Waals surface area contributed by atoms with Crippen LogP contribution in [0.5, 0.6) is 5.75 Å². The Morgan fingerprint density at radius 1 is 1.20 bits per heavy atom. The van der Waals surface area contributed by atoms with Gasteiger partial charge in [0.25, 0.3) is 0 Å². The Morgan fingerprint density at radius 3 is 2.70 bits per heavy atom. The summed E-state index contributed by atoms with van der Waals surface area (Å²) in [4.78, 5) is 0. The molecule has 1 fully saturated rings. The molecule has 1 aliphatic carbocycles. The van der Waals surface area contributed by atoms with Gasteiger partial charge in [-0.1, -0.05) is 50.3 Å². The van der Waals surface area contributed by atoms with E-state index in [2.05, 4.69) is 30.4 Å². The van der Waals surface area contributed by atoms with E-state index in [0.717, 1.165) is 24.8 Å². The standard InChI is InChI=1S/C18H29NO/c1-3-20-18-12-8-7-11-17(18)14-19-15(2)13-16-9-5-4-6-10-16/h7-8,11-12,15-16,19H,3-6,9-10,13-14H2,1-2H3. The lowest BCUT2D eigenvalue weighted by molar-refractivity contribution is 0.302. The lowest BCUT2D eigenvalue weighted by Crippen LogP contribution is -2.28. The lowest BCUT2D eigenvalue weighted by Gasteiger charge is -2.25. The SMILES string of the molecule is CCOc1ccccc1CNC(C)CC1CCCCC1. The Bertz CT molecular complexity index is 385. The largest absolute Gasteiger partial charge is 0.494 e. The number of ether oxygens (including phenoxy) is 1. The highest BCUT2D eigenvalue weighted by molar-refractivity contribution is 5.33. The minimum Gasteiger partial charge on any atom is -0.494 e. The van der Waals surface area contributed by atoms with Crippen molar-refractivity contribution in [3.63, 3.8) is 0 Å². The van der Waals surface area contributed by atoms with Crippen LogP contribution in [0.3, 0.4) is 0 Å². The normalized spacial score (nSPS) is 17.9. The first kappa shape index (κ1) is 15.4. The van der Waals surface area contributed by atoms with Crippen molar-refractivity contribution < 1.29 is 4.74 Å². The van der Waals surface area contributed by atoms with Gasteiger partial charge in [-0.05, 0) is 32.3 Å². The number of hydrogen-bond donors (Lipinski definition) is 1. The fraction of sp³-hybridized carbons (Fsp3) is 0.667. The van der Waals surface area contributed by atoms with Crippen LogP contribution in [0, 0.1) is 5.92 Å². The molecule has 2 nitrogen and oxygen atoms in total. The summed E-state index contributed by atoms with van der Waals surface area (Å²) in [6, 6.07) is 8.94. The first-order chi connectivity index (χ1) is 9.79. The van der Waals surface area contributed by atoms with Crippen molar-refractivity contribution >= 4 is 0 Å². The third kappa shape index (κ3) is 4.82. The first-order valence-corrected chi connectivity index (χ1v) is 8.23. The minimum absolute atomic E-state index is 0.591. The molecule has 20 heavy (non-hydrogen) atoms. The van der Waals surface area contributed by atoms with Crippen LogP contribution < -0.4 is 10.1 Å². The van der Waals surface area contributed by atoms with Crippen LogP contribution in [0.2, 0.25) is 0 Å². The van der Waals surface area contributed by atoms with Crippen LogP contribution in [-0.4, -0.2) is 12.6 Å². The van der Waals surface area contributed by atoms with E-state index in [4.69, 9.17) is 4.74 Å². The zero-order valence-electron chi connectivity index (χ0n) is 13.0. The molecule has 1 aromatic carbocycles. The molecule has 0 radical (unpaired) electrons. The summed E-state index contributed by atoms with van der Waals surface area (Å²) in [7, 11) is 0. The molecule has 0 heterocycles. The predicted molar refractivity (Wildman–Crippen MR) is 85.1 cm³/mol. The predicted octanol–water partition coefficient (Wildman–Crippen LogP) is 4.53. The van der Waals surface area contributed by atoms with Crippen molar-refractivity contribution in [1.29, 1.82) is 0 Å². The maximum atomic E-state index is 5.68. The maximum absolute atomic E-state index is 5.68. The minimum atomic E-state index is 0.591. The van der Waals surface area contributed by atoms with Crippen molar-refractivity contribution in [3.8, 4) is 5.75 Å². The Morgan fingerprint density at radius 2 is 1.95 bits per heavy atom.